The predicted molar refractivity (Wildman–Crippen MR) is 62.1 cm³/mol. The third kappa shape index (κ3) is 1.97. The van der Waals surface area contributed by atoms with Crippen LogP contribution in [-0.4, -0.2) is 28.2 Å². The van der Waals surface area contributed by atoms with Gasteiger partial charge in [-0.2, -0.15) is 0 Å². The third-order valence-corrected chi connectivity index (χ3v) is 2.69. The maximum absolute atomic E-state index is 13.8. The lowest BCUT2D eigenvalue weighted by molar-refractivity contribution is -0.138. The summed E-state index contributed by atoms with van der Waals surface area (Å²) >= 11 is 0. The molecule has 0 radical (unpaired) electrons. The van der Waals surface area contributed by atoms with Crippen LogP contribution in [-0.2, 0) is 4.79 Å². The van der Waals surface area contributed by atoms with Crippen molar-refractivity contribution in [2.75, 3.05) is 7.11 Å². The average molecular weight is 250 g/mol. The van der Waals surface area contributed by atoms with Crippen LogP contribution in [0.1, 0.15) is 18.4 Å². The number of nitrogens with zero attached hydrogens (tertiary/aromatic N) is 2. The number of halogens is 1. The largest absolute Gasteiger partial charge is 0.481 e. The number of carboxylic acids is 1. The fraction of sp³-hybridized carbons (Fsp3) is 0.250. The summed E-state index contributed by atoms with van der Waals surface area (Å²) in [6.45, 7) is 1.40. The zero-order valence-electron chi connectivity index (χ0n) is 9.85. The highest BCUT2D eigenvalue weighted by Gasteiger charge is 2.22. The molecule has 6 heteroatoms. The highest BCUT2D eigenvalue weighted by molar-refractivity contribution is 5.86. The van der Waals surface area contributed by atoms with Crippen molar-refractivity contribution < 1.29 is 19.0 Å². The Morgan fingerprint density at radius 3 is 2.83 bits per heavy atom. The van der Waals surface area contributed by atoms with E-state index in [1.807, 2.05) is 0 Å². The fourth-order valence-electron chi connectivity index (χ4n) is 1.69. The number of aromatic nitrogens is 2. The number of carboxylic acid groups (broad SMARTS) is 1. The van der Waals surface area contributed by atoms with Crippen molar-refractivity contribution in [3.05, 3.63) is 29.7 Å². The van der Waals surface area contributed by atoms with Crippen LogP contribution in [0.2, 0.25) is 0 Å². The molecule has 0 bridgehead atoms. The minimum absolute atomic E-state index is 0.0198. The van der Waals surface area contributed by atoms with Crippen LogP contribution >= 0.6 is 0 Å². The zero-order valence-corrected chi connectivity index (χ0v) is 9.85. The van der Waals surface area contributed by atoms with Crippen LogP contribution in [0, 0.1) is 5.82 Å². The number of carbonyl (C=O) groups is 1. The normalized spacial score (nSPS) is 12.4. The molecule has 0 saturated carbocycles. The number of hydrogen-bond donors (Lipinski definition) is 1. The first-order valence-corrected chi connectivity index (χ1v) is 5.26. The standard InChI is InChI=1S/C12H11FN2O3/c1-6(12(16)17)10-7(13)5-14-8-3-4-9(18-2)15-11(8)10/h3-6H,1-2H3,(H,16,17). The minimum Gasteiger partial charge on any atom is -0.481 e. The lowest BCUT2D eigenvalue weighted by atomic mass is 10.00. The minimum atomic E-state index is -1.12. The van der Waals surface area contributed by atoms with Gasteiger partial charge in [-0.05, 0) is 13.0 Å². The van der Waals surface area contributed by atoms with Crippen LogP contribution in [0.3, 0.4) is 0 Å². The molecule has 2 rings (SSSR count). The van der Waals surface area contributed by atoms with Gasteiger partial charge in [0.15, 0.2) is 0 Å². The third-order valence-electron chi connectivity index (χ3n) is 2.69. The fourth-order valence-corrected chi connectivity index (χ4v) is 1.69. The van der Waals surface area contributed by atoms with Crippen molar-refractivity contribution >= 4 is 17.0 Å². The van der Waals surface area contributed by atoms with E-state index in [2.05, 4.69) is 9.97 Å². The van der Waals surface area contributed by atoms with Gasteiger partial charge in [-0.25, -0.2) is 9.37 Å². The van der Waals surface area contributed by atoms with E-state index in [1.54, 1.807) is 12.1 Å². The van der Waals surface area contributed by atoms with Crippen molar-refractivity contribution in [2.24, 2.45) is 0 Å². The summed E-state index contributed by atoms with van der Waals surface area (Å²) < 4.78 is 18.7. The molecular formula is C12H11FN2O3. The number of pyridine rings is 2. The topological polar surface area (TPSA) is 72.3 Å². The Morgan fingerprint density at radius 1 is 1.50 bits per heavy atom. The smallest absolute Gasteiger partial charge is 0.310 e. The Labute approximate surface area is 102 Å². The van der Waals surface area contributed by atoms with E-state index in [0.29, 0.717) is 5.52 Å². The molecule has 0 spiro atoms. The van der Waals surface area contributed by atoms with Crippen LogP contribution in [0.4, 0.5) is 4.39 Å². The predicted octanol–water partition coefficient (Wildman–Crippen LogP) is 1.97. The van der Waals surface area contributed by atoms with Crippen molar-refractivity contribution in [3.63, 3.8) is 0 Å². The Kier molecular flexibility index (Phi) is 3.10. The van der Waals surface area contributed by atoms with Crippen LogP contribution in [0.15, 0.2) is 18.3 Å². The van der Waals surface area contributed by atoms with Crippen molar-refractivity contribution in [1.82, 2.24) is 9.97 Å². The van der Waals surface area contributed by atoms with Gasteiger partial charge in [-0.15, -0.1) is 0 Å². The molecule has 0 aliphatic rings. The molecule has 0 aromatic carbocycles. The first-order valence-electron chi connectivity index (χ1n) is 5.26. The second-order valence-electron chi connectivity index (χ2n) is 3.80. The van der Waals surface area contributed by atoms with Gasteiger partial charge in [-0.3, -0.25) is 9.78 Å². The number of aliphatic carboxylic acids is 1. The quantitative estimate of drug-likeness (QED) is 0.901. The second-order valence-corrected chi connectivity index (χ2v) is 3.80. The summed E-state index contributed by atoms with van der Waals surface area (Å²) in [5.74, 6) is -2.52. The van der Waals surface area contributed by atoms with Crippen molar-refractivity contribution in [3.8, 4) is 5.88 Å². The van der Waals surface area contributed by atoms with Crippen LogP contribution in [0.5, 0.6) is 5.88 Å². The lowest BCUT2D eigenvalue weighted by Gasteiger charge is -2.11. The van der Waals surface area contributed by atoms with Crippen LogP contribution < -0.4 is 4.74 Å². The van der Waals surface area contributed by atoms with Gasteiger partial charge in [0.2, 0.25) is 5.88 Å². The van der Waals surface area contributed by atoms with Gasteiger partial charge in [0.25, 0.3) is 0 Å². The van der Waals surface area contributed by atoms with E-state index >= 15 is 0 Å². The zero-order chi connectivity index (χ0) is 13.3. The lowest BCUT2D eigenvalue weighted by Crippen LogP contribution is -2.11. The van der Waals surface area contributed by atoms with E-state index in [4.69, 9.17) is 9.84 Å². The maximum atomic E-state index is 13.8. The number of rotatable bonds is 3. The molecule has 5 nitrogen and oxygen atoms in total. The monoisotopic (exact) mass is 250 g/mol. The van der Waals surface area contributed by atoms with E-state index in [1.165, 1.54) is 14.0 Å². The second kappa shape index (κ2) is 4.56. The van der Waals surface area contributed by atoms with E-state index in [0.717, 1.165) is 6.20 Å². The Morgan fingerprint density at radius 2 is 2.22 bits per heavy atom. The van der Waals surface area contributed by atoms with Gasteiger partial charge in [0.05, 0.1) is 30.3 Å². The highest BCUT2D eigenvalue weighted by Crippen LogP contribution is 2.27. The highest BCUT2D eigenvalue weighted by atomic mass is 19.1. The molecular weight excluding hydrogens is 239 g/mol. The Bertz CT molecular complexity index is 616. The van der Waals surface area contributed by atoms with Gasteiger partial charge in [0.1, 0.15) is 5.82 Å². The molecule has 1 N–H and O–H groups in total. The summed E-state index contributed by atoms with van der Waals surface area (Å²) in [5, 5.41) is 9.00. The molecule has 1 unspecified atom stereocenters. The summed E-state index contributed by atoms with van der Waals surface area (Å²) in [6, 6.07) is 3.20. The van der Waals surface area contributed by atoms with E-state index < -0.39 is 17.7 Å². The van der Waals surface area contributed by atoms with Gasteiger partial charge in [0, 0.05) is 11.6 Å². The number of fused-ring (bicyclic) bond motifs is 1. The molecule has 0 aliphatic heterocycles. The summed E-state index contributed by atoms with van der Waals surface area (Å²) in [6.07, 6.45) is 1.01. The first kappa shape index (κ1) is 12.2. The summed E-state index contributed by atoms with van der Waals surface area (Å²) in [7, 11) is 1.43. The number of hydrogen-bond acceptors (Lipinski definition) is 4. The van der Waals surface area contributed by atoms with Crippen molar-refractivity contribution in [2.45, 2.75) is 12.8 Å². The molecule has 94 valence electrons. The molecule has 2 heterocycles. The molecule has 0 saturated heterocycles. The maximum Gasteiger partial charge on any atom is 0.310 e. The molecule has 0 fully saturated rings. The summed E-state index contributed by atoms with van der Waals surface area (Å²) in [4.78, 5) is 18.9. The van der Waals surface area contributed by atoms with E-state index in [9.17, 15) is 9.18 Å². The molecule has 1 atom stereocenters. The van der Waals surface area contributed by atoms with Gasteiger partial charge < -0.3 is 9.84 Å². The number of ether oxygens (including phenoxy) is 1. The van der Waals surface area contributed by atoms with Crippen LogP contribution in [0.25, 0.3) is 11.0 Å². The Balaban J connectivity index is 2.75. The van der Waals surface area contributed by atoms with Gasteiger partial charge >= 0.3 is 5.97 Å². The summed E-state index contributed by atoms with van der Waals surface area (Å²) in [5.41, 5.74) is 0.663. The Hall–Kier alpha value is -2.24. The van der Waals surface area contributed by atoms with Crippen molar-refractivity contribution in [1.29, 1.82) is 0 Å². The number of methoxy groups -OCH3 is 1. The molecule has 18 heavy (non-hydrogen) atoms. The molecule has 2 aromatic heterocycles. The molecule has 0 aliphatic carbocycles. The molecule has 0 amide bonds. The first-order chi connectivity index (χ1) is 8.54. The molecule has 2 aromatic rings. The SMILES string of the molecule is COc1ccc2ncc(F)c(C(C)C(=O)O)c2n1. The average Bonchev–Trinajstić information content (AvgIpc) is 2.37. The van der Waals surface area contributed by atoms with Gasteiger partial charge in [-0.1, -0.05) is 0 Å². The van der Waals surface area contributed by atoms with E-state index in [-0.39, 0.29) is 17.0 Å².